The molecule has 7 nitrogen and oxygen atoms in total. The van der Waals surface area contributed by atoms with Gasteiger partial charge in [0.15, 0.2) is 5.60 Å². The Balaban J connectivity index is 1.44. The van der Waals surface area contributed by atoms with E-state index in [9.17, 15) is 14.4 Å². The molecular weight excluding hydrogens is 424 g/mol. The van der Waals surface area contributed by atoms with E-state index in [1.807, 2.05) is 18.2 Å². The Morgan fingerprint density at radius 2 is 1.61 bits per heavy atom. The molecule has 1 aliphatic heterocycles. The van der Waals surface area contributed by atoms with E-state index >= 15 is 0 Å². The molecule has 0 spiro atoms. The van der Waals surface area contributed by atoms with E-state index in [4.69, 9.17) is 18.9 Å². The molecule has 0 amide bonds. The summed E-state index contributed by atoms with van der Waals surface area (Å²) < 4.78 is 22.9. The average molecular weight is 448 g/mol. The van der Waals surface area contributed by atoms with Crippen molar-refractivity contribution in [2.45, 2.75) is 24.4 Å². The van der Waals surface area contributed by atoms with Crippen molar-refractivity contribution in [2.24, 2.45) is 17.8 Å². The van der Waals surface area contributed by atoms with Gasteiger partial charge in [0.2, 0.25) is 12.1 Å². The van der Waals surface area contributed by atoms with Gasteiger partial charge in [-0.05, 0) is 36.6 Å². The Labute approximate surface area is 191 Å². The van der Waals surface area contributed by atoms with Gasteiger partial charge in [0.1, 0.15) is 12.7 Å². The quantitative estimate of drug-likeness (QED) is 0.495. The van der Waals surface area contributed by atoms with E-state index in [1.54, 1.807) is 54.6 Å². The van der Waals surface area contributed by atoms with Gasteiger partial charge in [-0.25, -0.2) is 9.59 Å². The monoisotopic (exact) mass is 448 g/mol. The lowest BCUT2D eigenvalue weighted by Gasteiger charge is -2.48. The molecule has 1 saturated carbocycles. The summed E-state index contributed by atoms with van der Waals surface area (Å²) in [6.45, 7) is -0.0900. The summed E-state index contributed by atoms with van der Waals surface area (Å²) in [5.74, 6) is -2.30. The minimum absolute atomic E-state index is 0.0410. The number of rotatable bonds is 6. The van der Waals surface area contributed by atoms with Crippen molar-refractivity contribution < 1.29 is 33.3 Å². The van der Waals surface area contributed by atoms with Crippen LogP contribution in [0.25, 0.3) is 0 Å². The molecule has 0 radical (unpaired) electrons. The van der Waals surface area contributed by atoms with Crippen LogP contribution in [0.15, 0.2) is 72.8 Å². The number of ketones is 1. The van der Waals surface area contributed by atoms with Crippen molar-refractivity contribution >= 4 is 17.7 Å². The maximum atomic E-state index is 13.6. The van der Waals surface area contributed by atoms with E-state index in [0.29, 0.717) is 17.5 Å². The molecule has 2 aromatic carbocycles. The Hall–Kier alpha value is -3.29. The normalized spacial score (nSPS) is 31.8. The lowest BCUT2D eigenvalue weighted by Crippen LogP contribution is -2.65. The number of hydrogen-bond acceptors (Lipinski definition) is 7. The van der Waals surface area contributed by atoms with E-state index in [2.05, 4.69) is 0 Å². The second-order valence-corrected chi connectivity index (χ2v) is 8.54. The third-order valence-corrected chi connectivity index (χ3v) is 6.80. The lowest BCUT2D eigenvalue weighted by atomic mass is 9.71. The minimum atomic E-state index is -1.44. The van der Waals surface area contributed by atoms with Gasteiger partial charge in [0, 0.05) is 18.9 Å². The van der Waals surface area contributed by atoms with E-state index < -0.39 is 41.6 Å². The number of allylic oxidation sites excluding steroid dienone is 1. The first-order valence-electron chi connectivity index (χ1n) is 11.0. The molecule has 5 rings (SSSR count). The van der Waals surface area contributed by atoms with Gasteiger partial charge in [-0.2, -0.15) is 0 Å². The lowest BCUT2D eigenvalue weighted by molar-refractivity contribution is -0.243. The fraction of sp³-hybridized carbons (Fsp3) is 0.346. The third-order valence-electron chi connectivity index (χ3n) is 6.80. The maximum absolute atomic E-state index is 13.6. The van der Waals surface area contributed by atoms with Crippen LogP contribution in [0.5, 0.6) is 0 Å². The number of hydrogen-bond donors (Lipinski definition) is 0. The summed E-state index contributed by atoms with van der Waals surface area (Å²) in [4.78, 5) is 39.1. The van der Waals surface area contributed by atoms with Crippen LogP contribution in [0, 0.1) is 17.8 Å². The second kappa shape index (κ2) is 8.57. The number of fused-ring (bicyclic) bond motifs is 5. The molecule has 0 unspecified atom stereocenters. The molecule has 170 valence electrons. The zero-order valence-corrected chi connectivity index (χ0v) is 18.1. The van der Waals surface area contributed by atoms with Crippen LogP contribution >= 0.6 is 0 Å². The number of ether oxygens (including phenoxy) is 4. The Morgan fingerprint density at radius 3 is 2.24 bits per heavy atom. The number of Topliss-reactive ketones (excluding diaryl/α,β-unsaturated/α-hetero) is 1. The first kappa shape index (κ1) is 21.6. The summed E-state index contributed by atoms with van der Waals surface area (Å²) in [5.41, 5.74) is -0.658. The van der Waals surface area contributed by atoms with Crippen LogP contribution in [0.3, 0.4) is 0 Å². The molecule has 1 heterocycles. The zero-order chi connectivity index (χ0) is 23.0. The molecule has 2 aromatic rings. The number of benzene rings is 2. The van der Waals surface area contributed by atoms with Gasteiger partial charge in [-0.3, -0.25) is 4.79 Å². The van der Waals surface area contributed by atoms with Crippen molar-refractivity contribution in [3.63, 3.8) is 0 Å². The number of methoxy groups -OCH3 is 1. The third kappa shape index (κ3) is 3.57. The van der Waals surface area contributed by atoms with Gasteiger partial charge in [0.25, 0.3) is 0 Å². The average Bonchev–Trinajstić information content (AvgIpc) is 3.46. The summed E-state index contributed by atoms with van der Waals surface area (Å²) in [5, 5.41) is 0. The van der Waals surface area contributed by atoms with E-state index in [1.165, 1.54) is 7.11 Å². The van der Waals surface area contributed by atoms with Gasteiger partial charge >= 0.3 is 11.9 Å². The topological polar surface area (TPSA) is 88.1 Å². The highest BCUT2D eigenvalue weighted by Gasteiger charge is 2.69. The largest absolute Gasteiger partial charge is 0.459 e. The first-order chi connectivity index (χ1) is 16.0. The highest BCUT2D eigenvalue weighted by molar-refractivity contribution is 5.98. The molecular formula is C26H24O7. The fourth-order valence-corrected chi connectivity index (χ4v) is 5.37. The minimum Gasteiger partial charge on any atom is -0.459 e. The Morgan fingerprint density at radius 1 is 0.970 bits per heavy atom. The maximum Gasteiger partial charge on any atom is 0.339 e. The number of carbonyl (C=O) groups excluding carboxylic acids is 3. The summed E-state index contributed by atoms with van der Waals surface area (Å²) in [6, 6.07) is 17.2. The summed E-state index contributed by atoms with van der Waals surface area (Å²) in [7, 11) is 1.37. The Kier molecular flexibility index (Phi) is 5.60. The van der Waals surface area contributed by atoms with Crippen LogP contribution in [0.4, 0.5) is 0 Å². The molecule has 3 aliphatic rings. The van der Waals surface area contributed by atoms with Gasteiger partial charge in [0.05, 0.1) is 11.1 Å². The molecule has 6 atom stereocenters. The molecule has 2 aliphatic carbocycles. The number of esters is 2. The molecule has 33 heavy (non-hydrogen) atoms. The van der Waals surface area contributed by atoms with Gasteiger partial charge < -0.3 is 18.9 Å². The predicted molar refractivity (Wildman–Crippen MR) is 116 cm³/mol. The molecule has 1 saturated heterocycles. The van der Waals surface area contributed by atoms with Crippen LogP contribution in [0.1, 0.15) is 27.1 Å². The molecule has 2 bridgehead atoms. The fourth-order valence-electron chi connectivity index (χ4n) is 5.37. The molecule has 0 aromatic heterocycles. The van der Waals surface area contributed by atoms with Crippen LogP contribution in [0.2, 0.25) is 0 Å². The standard InChI is InChI=1S/C26H24O7/c1-30-25-22(27)26(33-24(29)17-10-6-3-7-11-17)19-13-12-18(14-19)21(26)20(32-25)15-31-23(28)16-8-4-2-5-9-16/h2-13,18-21,25H,14-15H2,1H3/t18-,19+,20-,21+,25+,26-/m1/s1. The molecule has 2 fully saturated rings. The van der Waals surface area contributed by atoms with Crippen molar-refractivity contribution in [1.82, 2.24) is 0 Å². The summed E-state index contributed by atoms with van der Waals surface area (Å²) >= 11 is 0. The molecule has 0 N–H and O–H groups in total. The van der Waals surface area contributed by atoms with Gasteiger partial charge in [-0.15, -0.1) is 0 Å². The second-order valence-electron chi connectivity index (χ2n) is 8.54. The Bertz CT molecular complexity index is 1080. The number of carbonyl (C=O) groups is 3. The zero-order valence-electron chi connectivity index (χ0n) is 18.1. The van der Waals surface area contributed by atoms with Crippen LogP contribution in [-0.2, 0) is 23.7 Å². The molecule has 7 heteroatoms. The predicted octanol–water partition coefficient (Wildman–Crippen LogP) is 3.20. The first-order valence-corrected chi connectivity index (χ1v) is 11.0. The van der Waals surface area contributed by atoms with Crippen molar-refractivity contribution in [2.75, 3.05) is 13.7 Å². The van der Waals surface area contributed by atoms with Crippen molar-refractivity contribution in [3.05, 3.63) is 83.9 Å². The van der Waals surface area contributed by atoms with Crippen molar-refractivity contribution in [3.8, 4) is 0 Å². The van der Waals surface area contributed by atoms with Gasteiger partial charge in [-0.1, -0.05) is 48.6 Å². The highest BCUT2D eigenvalue weighted by Crippen LogP contribution is 2.57. The SMILES string of the molecule is CO[C@H]1O[C@H](COC(=O)c2ccccc2)[C@@H]2[C@@H]3C=C[C@@H](C3)[C@]2(OC(=O)c2ccccc2)C1=O. The highest BCUT2D eigenvalue weighted by atomic mass is 16.7. The van der Waals surface area contributed by atoms with Crippen LogP contribution < -0.4 is 0 Å². The van der Waals surface area contributed by atoms with Crippen molar-refractivity contribution in [1.29, 1.82) is 0 Å². The van der Waals surface area contributed by atoms with E-state index in [0.717, 1.165) is 0 Å². The van der Waals surface area contributed by atoms with Crippen LogP contribution in [-0.4, -0.2) is 49.4 Å². The van der Waals surface area contributed by atoms with E-state index in [-0.39, 0.29) is 18.4 Å². The smallest absolute Gasteiger partial charge is 0.339 e. The summed E-state index contributed by atoms with van der Waals surface area (Å²) in [6.07, 6.45) is 2.71.